The molecule has 1 aromatic carbocycles. The van der Waals surface area contributed by atoms with Gasteiger partial charge in [-0.3, -0.25) is 14.4 Å². The Bertz CT molecular complexity index is 1030. The zero-order valence-electron chi connectivity index (χ0n) is 20.9. The Morgan fingerprint density at radius 2 is 1.50 bits per heavy atom. The van der Waals surface area contributed by atoms with Crippen LogP contribution in [0.5, 0.6) is 0 Å². The molecule has 4 fully saturated rings. The van der Waals surface area contributed by atoms with Crippen molar-refractivity contribution >= 4 is 17.7 Å². The van der Waals surface area contributed by atoms with Crippen LogP contribution >= 0.6 is 0 Å². The minimum absolute atomic E-state index is 0.107. The van der Waals surface area contributed by atoms with Gasteiger partial charge in [0, 0.05) is 18.6 Å². The molecule has 3 aliphatic heterocycles. The molecule has 2 aliphatic carbocycles. The van der Waals surface area contributed by atoms with Crippen LogP contribution < -0.4 is 10.6 Å². The Kier molecular flexibility index (Phi) is 6.36. The monoisotopic (exact) mass is 491 g/mol. The van der Waals surface area contributed by atoms with Gasteiger partial charge < -0.3 is 20.3 Å². The fourth-order valence-corrected chi connectivity index (χ4v) is 7.29. The van der Waals surface area contributed by atoms with E-state index in [9.17, 15) is 14.4 Å². The lowest BCUT2D eigenvalue weighted by molar-refractivity contribution is -0.142. The van der Waals surface area contributed by atoms with E-state index in [4.69, 9.17) is 4.74 Å². The largest absolute Gasteiger partial charge is 0.359 e. The molecule has 7 heteroatoms. The Balaban J connectivity index is 1.30. The van der Waals surface area contributed by atoms with Crippen molar-refractivity contribution in [3.05, 3.63) is 48.0 Å². The molecule has 36 heavy (non-hydrogen) atoms. The van der Waals surface area contributed by atoms with Gasteiger partial charge in [-0.2, -0.15) is 0 Å². The number of nitrogens with zero attached hydrogens (tertiary/aromatic N) is 1. The van der Waals surface area contributed by atoms with Crippen LogP contribution in [-0.4, -0.2) is 52.5 Å². The molecule has 2 bridgehead atoms. The van der Waals surface area contributed by atoms with Crippen molar-refractivity contribution in [1.29, 1.82) is 0 Å². The SMILES string of the molecule is O=C(NC1CCCCC1)[C@@H]1[C@H]2C=C[C@@]3(O2)[C@H]1C(=O)N(Cc1ccccc1)[C@@H]3C(=O)NC1CCCCC1. The first kappa shape index (κ1) is 23.7. The highest BCUT2D eigenvalue weighted by atomic mass is 16.5. The maximum atomic E-state index is 14.0. The van der Waals surface area contributed by atoms with Crippen molar-refractivity contribution < 1.29 is 19.1 Å². The number of amides is 3. The molecule has 1 spiro atoms. The first-order valence-electron chi connectivity index (χ1n) is 13.9. The molecule has 5 atom stereocenters. The van der Waals surface area contributed by atoms with Gasteiger partial charge in [-0.1, -0.05) is 81.0 Å². The lowest BCUT2D eigenvalue weighted by atomic mass is 9.74. The van der Waals surface area contributed by atoms with E-state index in [1.165, 1.54) is 12.8 Å². The number of hydrogen-bond donors (Lipinski definition) is 2. The smallest absolute Gasteiger partial charge is 0.246 e. The lowest BCUT2D eigenvalue weighted by Gasteiger charge is -2.34. The Hall–Kier alpha value is -2.67. The first-order valence-corrected chi connectivity index (χ1v) is 13.9. The number of benzene rings is 1. The van der Waals surface area contributed by atoms with Crippen LogP contribution in [0.2, 0.25) is 0 Å². The van der Waals surface area contributed by atoms with Crippen LogP contribution in [0, 0.1) is 11.8 Å². The summed E-state index contributed by atoms with van der Waals surface area (Å²) in [5, 5.41) is 6.48. The molecule has 6 rings (SSSR count). The van der Waals surface area contributed by atoms with Crippen molar-refractivity contribution in [1.82, 2.24) is 15.5 Å². The van der Waals surface area contributed by atoms with E-state index in [2.05, 4.69) is 10.6 Å². The predicted octanol–water partition coefficient (Wildman–Crippen LogP) is 3.24. The van der Waals surface area contributed by atoms with Crippen LogP contribution in [0.3, 0.4) is 0 Å². The molecule has 2 saturated heterocycles. The van der Waals surface area contributed by atoms with Gasteiger partial charge in [-0.25, -0.2) is 0 Å². The molecule has 3 heterocycles. The average molecular weight is 492 g/mol. The summed E-state index contributed by atoms with van der Waals surface area (Å²) in [7, 11) is 0. The summed E-state index contributed by atoms with van der Waals surface area (Å²) in [5.74, 6) is -1.70. The molecule has 2 saturated carbocycles. The predicted molar refractivity (Wildman–Crippen MR) is 135 cm³/mol. The first-order chi connectivity index (χ1) is 17.6. The zero-order chi connectivity index (χ0) is 24.7. The van der Waals surface area contributed by atoms with Gasteiger partial charge in [0.1, 0.15) is 11.6 Å². The number of rotatable bonds is 6. The minimum atomic E-state index is -1.09. The Morgan fingerprint density at radius 3 is 2.14 bits per heavy atom. The fourth-order valence-electron chi connectivity index (χ4n) is 7.29. The number of ether oxygens (including phenoxy) is 1. The molecule has 192 valence electrons. The minimum Gasteiger partial charge on any atom is -0.359 e. The summed E-state index contributed by atoms with van der Waals surface area (Å²) < 4.78 is 6.47. The fraction of sp³-hybridized carbons (Fsp3) is 0.621. The molecular weight excluding hydrogens is 454 g/mol. The number of fused-ring (bicyclic) bond motifs is 1. The van der Waals surface area contributed by atoms with E-state index < -0.39 is 29.6 Å². The van der Waals surface area contributed by atoms with Crippen LogP contribution in [0.15, 0.2) is 42.5 Å². The summed E-state index contributed by atoms with van der Waals surface area (Å²) in [6.45, 7) is 0.319. The highest BCUT2D eigenvalue weighted by molar-refractivity contribution is 6.00. The second kappa shape index (κ2) is 9.66. The van der Waals surface area contributed by atoms with Gasteiger partial charge in [0.15, 0.2) is 0 Å². The second-order valence-electron chi connectivity index (χ2n) is 11.3. The molecule has 5 aliphatic rings. The summed E-state index contributed by atoms with van der Waals surface area (Å²) in [6, 6.07) is 9.26. The number of carbonyl (C=O) groups excluding carboxylic acids is 3. The normalized spacial score (nSPS) is 34.1. The maximum Gasteiger partial charge on any atom is 0.246 e. The third-order valence-corrected chi connectivity index (χ3v) is 9.02. The van der Waals surface area contributed by atoms with E-state index in [1.807, 2.05) is 42.5 Å². The summed E-state index contributed by atoms with van der Waals surface area (Å²) >= 11 is 0. The topological polar surface area (TPSA) is 87.7 Å². The van der Waals surface area contributed by atoms with E-state index in [0.29, 0.717) is 6.54 Å². The summed E-state index contributed by atoms with van der Waals surface area (Å²) in [5.41, 5.74) is -0.136. The maximum absolute atomic E-state index is 14.0. The number of carbonyl (C=O) groups is 3. The zero-order valence-corrected chi connectivity index (χ0v) is 20.9. The van der Waals surface area contributed by atoms with E-state index in [0.717, 1.165) is 56.9 Å². The molecule has 0 unspecified atom stereocenters. The Morgan fingerprint density at radius 1 is 0.889 bits per heavy atom. The number of hydrogen-bond acceptors (Lipinski definition) is 4. The number of likely N-dealkylation sites (tertiary alicyclic amines) is 1. The van der Waals surface area contributed by atoms with Gasteiger partial charge in [0.25, 0.3) is 0 Å². The molecule has 7 nitrogen and oxygen atoms in total. The second-order valence-corrected chi connectivity index (χ2v) is 11.3. The van der Waals surface area contributed by atoms with Crippen LogP contribution in [0.1, 0.15) is 69.8 Å². The molecule has 1 aromatic rings. The summed E-state index contributed by atoms with van der Waals surface area (Å²) in [4.78, 5) is 43.1. The highest BCUT2D eigenvalue weighted by Crippen LogP contribution is 2.55. The van der Waals surface area contributed by atoms with Crippen LogP contribution in [-0.2, 0) is 25.7 Å². The lowest BCUT2D eigenvalue weighted by Crippen LogP contribution is -2.56. The van der Waals surface area contributed by atoms with Gasteiger partial charge in [0.2, 0.25) is 17.7 Å². The van der Waals surface area contributed by atoms with Crippen molar-refractivity contribution in [2.45, 2.75) is 101 Å². The van der Waals surface area contributed by atoms with Gasteiger partial charge in [-0.05, 0) is 31.2 Å². The van der Waals surface area contributed by atoms with Gasteiger partial charge in [-0.15, -0.1) is 0 Å². The standard InChI is InChI=1S/C29H37N3O4/c33-26(30-20-12-6-2-7-13-20)23-22-16-17-29(36-22)24(23)28(35)32(18-19-10-4-1-5-11-19)25(29)27(34)31-21-14-8-3-9-15-21/h1,4-5,10-11,16-17,20-25H,2-3,6-9,12-15,18H2,(H,30,33)(H,31,34)/t22-,23-,24-,25-,29-/m1/s1. The van der Waals surface area contributed by atoms with E-state index in [1.54, 1.807) is 4.90 Å². The molecular formula is C29H37N3O4. The third kappa shape index (κ3) is 4.05. The van der Waals surface area contributed by atoms with E-state index >= 15 is 0 Å². The quantitative estimate of drug-likeness (QED) is 0.598. The van der Waals surface area contributed by atoms with Gasteiger partial charge >= 0.3 is 0 Å². The molecule has 3 amide bonds. The van der Waals surface area contributed by atoms with Crippen molar-refractivity contribution in [2.75, 3.05) is 0 Å². The van der Waals surface area contributed by atoms with Gasteiger partial charge in [0.05, 0.1) is 17.9 Å². The van der Waals surface area contributed by atoms with Crippen molar-refractivity contribution in [3.63, 3.8) is 0 Å². The van der Waals surface area contributed by atoms with Crippen LogP contribution in [0.25, 0.3) is 0 Å². The van der Waals surface area contributed by atoms with Crippen LogP contribution in [0.4, 0.5) is 0 Å². The highest BCUT2D eigenvalue weighted by Gasteiger charge is 2.72. The molecule has 0 radical (unpaired) electrons. The van der Waals surface area contributed by atoms with Crippen molar-refractivity contribution in [3.8, 4) is 0 Å². The van der Waals surface area contributed by atoms with E-state index in [-0.39, 0.29) is 29.8 Å². The Labute approximate surface area is 213 Å². The third-order valence-electron chi connectivity index (χ3n) is 9.02. The summed E-state index contributed by atoms with van der Waals surface area (Å²) in [6.07, 6.45) is 14.1. The number of nitrogens with one attached hydrogen (secondary N) is 2. The average Bonchev–Trinajstić information content (AvgIpc) is 3.53. The molecule has 2 N–H and O–H groups in total. The van der Waals surface area contributed by atoms with Crippen molar-refractivity contribution in [2.24, 2.45) is 11.8 Å². The molecule has 0 aromatic heterocycles.